The van der Waals surface area contributed by atoms with Gasteiger partial charge in [-0.15, -0.1) is 11.3 Å². The van der Waals surface area contributed by atoms with Crippen molar-refractivity contribution in [3.05, 3.63) is 22.4 Å². The first-order valence-electron chi connectivity index (χ1n) is 5.64. The number of carbonyl (C=O) groups is 1. The first-order chi connectivity index (χ1) is 7.68. The molecule has 1 aromatic heterocycles. The van der Waals surface area contributed by atoms with Crippen LogP contribution in [0, 0.1) is 5.92 Å². The average molecular weight is 238 g/mol. The zero-order valence-corrected chi connectivity index (χ0v) is 10.6. The molecule has 0 bridgehead atoms. The van der Waals surface area contributed by atoms with Gasteiger partial charge in [0, 0.05) is 29.8 Å². The van der Waals surface area contributed by atoms with E-state index in [9.17, 15) is 4.79 Å². The lowest BCUT2D eigenvalue weighted by atomic mass is 10.2. The van der Waals surface area contributed by atoms with E-state index in [4.69, 9.17) is 0 Å². The van der Waals surface area contributed by atoms with E-state index in [0.29, 0.717) is 5.92 Å². The van der Waals surface area contributed by atoms with Crippen LogP contribution in [0.25, 0.3) is 0 Å². The SMILES string of the molecule is CN(C)CCNC(=O)C1CC1c1cccs1. The van der Waals surface area contributed by atoms with Gasteiger partial charge >= 0.3 is 0 Å². The number of hydrogen-bond acceptors (Lipinski definition) is 3. The van der Waals surface area contributed by atoms with Crippen LogP contribution in [-0.2, 0) is 4.79 Å². The van der Waals surface area contributed by atoms with Crippen molar-refractivity contribution >= 4 is 17.2 Å². The molecule has 16 heavy (non-hydrogen) atoms. The molecule has 0 radical (unpaired) electrons. The minimum absolute atomic E-state index is 0.222. The Bertz CT molecular complexity index is 348. The summed E-state index contributed by atoms with van der Waals surface area (Å²) in [5.74, 6) is 0.931. The summed E-state index contributed by atoms with van der Waals surface area (Å²) in [4.78, 5) is 15.2. The molecule has 3 nitrogen and oxygen atoms in total. The maximum Gasteiger partial charge on any atom is 0.223 e. The molecule has 88 valence electrons. The highest BCUT2D eigenvalue weighted by Gasteiger charge is 2.44. The van der Waals surface area contributed by atoms with Gasteiger partial charge in [-0.3, -0.25) is 4.79 Å². The third kappa shape index (κ3) is 2.83. The molecule has 0 saturated heterocycles. The highest BCUT2D eigenvalue weighted by Crippen LogP contribution is 2.49. The van der Waals surface area contributed by atoms with Gasteiger partial charge in [-0.25, -0.2) is 0 Å². The minimum Gasteiger partial charge on any atom is -0.355 e. The molecular weight excluding hydrogens is 220 g/mol. The number of likely N-dealkylation sites (N-methyl/N-ethyl adjacent to an activating group) is 1. The Hall–Kier alpha value is -0.870. The molecule has 1 amide bonds. The molecule has 1 N–H and O–H groups in total. The number of amides is 1. The summed E-state index contributed by atoms with van der Waals surface area (Å²) in [6.07, 6.45) is 1.02. The maximum absolute atomic E-state index is 11.8. The van der Waals surface area contributed by atoms with E-state index in [0.717, 1.165) is 19.5 Å². The number of rotatable bonds is 5. The Morgan fingerprint density at radius 1 is 1.62 bits per heavy atom. The maximum atomic E-state index is 11.8. The van der Waals surface area contributed by atoms with Crippen molar-refractivity contribution < 1.29 is 4.79 Å². The van der Waals surface area contributed by atoms with Gasteiger partial charge in [-0.05, 0) is 32.0 Å². The first-order valence-corrected chi connectivity index (χ1v) is 6.52. The lowest BCUT2D eigenvalue weighted by Gasteiger charge is -2.10. The summed E-state index contributed by atoms with van der Waals surface area (Å²) in [6.45, 7) is 1.65. The Balaban J connectivity index is 1.73. The van der Waals surface area contributed by atoms with Gasteiger partial charge in [0.15, 0.2) is 0 Å². The summed E-state index contributed by atoms with van der Waals surface area (Å²) >= 11 is 1.76. The van der Waals surface area contributed by atoms with Crippen LogP contribution >= 0.6 is 11.3 Å². The molecule has 2 rings (SSSR count). The molecule has 1 aliphatic rings. The van der Waals surface area contributed by atoms with Gasteiger partial charge in [0.1, 0.15) is 0 Å². The molecule has 4 heteroatoms. The average Bonchev–Trinajstić information content (AvgIpc) is 2.85. The fourth-order valence-electron chi connectivity index (χ4n) is 1.84. The van der Waals surface area contributed by atoms with E-state index in [1.54, 1.807) is 11.3 Å². The Labute approximate surface area is 100 Å². The molecule has 0 aromatic carbocycles. The molecule has 1 aliphatic carbocycles. The summed E-state index contributed by atoms with van der Waals surface area (Å²) in [5, 5.41) is 5.07. The van der Waals surface area contributed by atoms with E-state index < -0.39 is 0 Å². The van der Waals surface area contributed by atoms with Gasteiger partial charge in [0.25, 0.3) is 0 Å². The number of carbonyl (C=O) groups excluding carboxylic acids is 1. The van der Waals surface area contributed by atoms with Crippen molar-refractivity contribution in [1.82, 2.24) is 10.2 Å². The normalized spacial score (nSPS) is 23.4. The monoisotopic (exact) mass is 238 g/mol. The van der Waals surface area contributed by atoms with E-state index in [1.807, 2.05) is 14.1 Å². The van der Waals surface area contributed by atoms with E-state index in [1.165, 1.54) is 4.88 Å². The second kappa shape index (κ2) is 4.97. The molecule has 2 atom stereocenters. The quantitative estimate of drug-likeness (QED) is 0.843. The van der Waals surface area contributed by atoms with Crippen LogP contribution in [0.2, 0.25) is 0 Å². The summed E-state index contributed by atoms with van der Waals surface area (Å²) in [6, 6.07) is 4.18. The molecule has 2 unspecified atom stereocenters. The zero-order valence-electron chi connectivity index (χ0n) is 9.77. The molecule has 0 aliphatic heterocycles. The van der Waals surface area contributed by atoms with Gasteiger partial charge in [0.2, 0.25) is 5.91 Å². The lowest BCUT2D eigenvalue weighted by molar-refractivity contribution is -0.122. The van der Waals surface area contributed by atoms with Crippen molar-refractivity contribution in [3.8, 4) is 0 Å². The second-order valence-electron chi connectivity index (χ2n) is 4.56. The standard InChI is InChI=1S/C12H18N2OS/c1-14(2)6-5-13-12(15)10-8-9(10)11-4-3-7-16-11/h3-4,7,9-10H,5-6,8H2,1-2H3,(H,13,15). The summed E-state index contributed by atoms with van der Waals surface area (Å²) in [5.41, 5.74) is 0. The predicted molar refractivity (Wildman–Crippen MR) is 66.7 cm³/mol. The minimum atomic E-state index is 0.222. The van der Waals surface area contributed by atoms with E-state index in [-0.39, 0.29) is 11.8 Å². The molecular formula is C12H18N2OS. The number of nitrogens with one attached hydrogen (secondary N) is 1. The smallest absolute Gasteiger partial charge is 0.223 e. The molecule has 1 heterocycles. The van der Waals surface area contributed by atoms with E-state index in [2.05, 4.69) is 27.7 Å². The highest BCUT2D eigenvalue weighted by atomic mass is 32.1. The fourth-order valence-corrected chi connectivity index (χ4v) is 2.74. The van der Waals surface area contributed by atoms with Crippen LogP contribution in [0.1, 0.15) is 17.2 Å². The third-order valence-electron chi connectivity index (χ3n) is 2.89. The van der Waals surface area contributed by atoms with Crippen LogP contribution < -0.4 is 5.32 Å². The third-order valence-corrected chi connectivity index (χ3v) is 3.90. The molecule has 0 spiro atoms. The van der Waals surface area contributed by atoms with E-state index >= 15 is 0 Å². The predicted octanol–water partition coefficient (Wildman–Crippen LogP) is 1.53. The Morgan fingerprint density at radius 3 is 3.06 bits per heavy atom. The lowest BCUT2D eigenvalue weighted by Crippen LogP contribution is -2.32. The Morgan fingerprint density at radius 2 is 2.44 bits per heavy atom. The summed E-state index contributed by atoms with van der Waals surface area (Å²) in [7, 11) is 4.02. The largest absolute Gasteiger partial charge is 0.355 e. The van der Waals surface area contributed by atoms with Crippen LogP contribution in [0.3, 0.4) is 0 Å². The second-order valence-corrected chi connectivity index (χ2v) is 5.54. The number of hydrogen-bond donors (Lipinski definition) is 1. The van der Waals surface area contributed by atoms with Crippen molar-refractivity contribution in [3.63, 3.8) is 0 Å². The van der Waals surface area contributed by atoms with Crippen LogP contribution in [0.15, 0.2) is 17.5 Å². The van der Waals surface area contributed by atoms with Crippen molar-refractivity contribution in [2.24, 2.45) is 5.92 Å². The molecule has 1 aromatic rings. The van der Waals surface area contributed by atoms with Crippen molar-refractivity contribution in [1.29, 1.82) is 0 Å². The van der Waals surface area contributed by atoms with Crippen LogP contribution in [-0.4, -0.2) is 38.0 Å². The van der Waals surface area contributed by atoms with Crippen molar-refractivity contribution in [2.75, 3.05) is 27.2 Å². The number of thiophene rings is 1. The number of nitrogens with zero attached hydrogens (tertiary/aromatic N) is 1. The van der Waals surface area contributed by atoms with Crippen molar-refractivity contribution in [2.45, 2.75) is 12.3 Å². The van der Waals surface area contributed by atoms with Gasteiger partial charge in [-0.1, -0.05) is 6.07 Å². The van der Waals surface area contributed by atoms with Gasteiger partial charge in [-0.2, -0.15) is 0 Å². The first kappa shape index (κ1) is 11.6. The Kier molecular flexibility index (Phi) is 3.61. The molecule has 1 saturated carbocycles. The summed E-state index contributed by atoms with van der Waals surface area (Å²) < 4.78 is 0. The zero-order chi connectivity index (χ0) is 11.5. The van der Waals surface area contributed by atoms with Crippen LogP contribution in [0.4, 0.5) is 0 Å². The van der Waals surface area contributed by atoms with Crippen LogP contribution in [0.5, 0.6) is 0 Å². The highest BCUT2D eigenvalue weighted by molar-refractivity contribution is 7.10. The van der Waals surface area contributed by atoms with Gasteiger partial charge in [0.05, 0.1) is 0 Å². The van der Waals surface area contributed by atoms with Gasteiger partial charge < -0.3 is 10.2 Å². The topological polar surface area (TPSA) is 32.3 Å². The molecule has 1 fully saturated rings. The fraction of sp³-hybridized carbons (Fsp3) is 0.583.